The molecule has 11 atom stereocenters. The quantitative estimate of drug-likeness (QED) is 0.0625. The van der Waals surface area contributed by atoms with Crippen molar-refractivity contribution in [3.05, 3.63) is 59.8 Å². The van der Waals surface area contributed by atoms with Crippen molar-refractivity contribution in [1.29, 1.82) is 0 Å². The van der Waals surface area contributed by atoms with E-state index in [-0.39, 0.29) is 56.9 Å². The van der Waals surface area contributed by atoms with Gasteiger partial charge in [0, 0.05) is 55.7 Å². The van der Waals surface area contributed by atoms with Crippen molar-refractivity contribution in [3.63, 3.8) is 0 Å². The lowest BCUT2D eigenvalue weighted by molar-refractivity contribution is -0.348. The molecular formula is C50H74O17. The Kier molecular flexibility index (Phi) is 20.1. The number of hydrogen-bond donors (Lipinski definition) is 4. The van der Waals surface area contributed by atoms with Crippen LogP contribution in [-0.4, -0.2) is 131 Å². The molecule has 0 unspecified atom stereocenters. The topological polar surface area (TPSA) is 240 Å². The average molecular weight is 947 g/mol. The summed E-state index contributed by atoms with van der Waals surface area (Å²) >= 11 is 0. The molecular weight excluding hydrogens is 873 g/mol. The maximum atomic E-state index is 13.5. The Labute approximate surface area is 394 Å². The monoisotopic (exact) mass is 946 g/mol. The lowest BCUT2D eigenvalue weighted by Crippen LogP contribution is -2.62. The van der Waals surface area contributed by atoms with Crippen LogP contribution in [0.15, 0.2) is 59.8 Å². The van der Waals surface area contributed by atoms with Crippen molar-refractivity contribution < 1.29 is 82.3 Å². The summed E-state index contributed by atoms with van der Waals surface area (Å²) in [7, 11) is 2.41. The van der Waals surface area contributed by atoms with Gasteiger partial charge in [-0.05, 0) is 44.6 Å². The normalized spacial score (nSPS) is 34.7. The lowest BCUT2D eigenvalue weighted by atomic mass is 9.70. The van der Waals surface area contributed by atoms with Crippen LogP contribution in [0.3, 0.4) is 0 Å². The maximum Gasteiger partial charge on any atom is 0.331 e. The number of fused-ring (bicyclic) bond motifs is 6. The average Bonchev–Trinajstić information content (AvgIpc) is 3.24. The Hall–Kier alpha value is -4.23. The van der Waals surface area contributed by atoms with Gasteiger partial charge in [0.2, 0.25) is 5.79 Å². The van der Waals surface area contributed by atoms with Crippen molar-refractivity contribution in [2.45, 2.75) is 198 Å². The number of methoxy groups -OCH3 is 2. The van der Waals surface area contributed by atoms with E-state index in [9.17, 15) is 44.4 Å². The van der Waals surface area contributed by atoms with E-state index >= 15 is 0 Å². The van der Waals surface area contributed by atoms with Crippen LogP contribution in [0.4, 0.5) is 0 Å². The second-order valence-corrected chi connectivity index (χ2v) is 19.3. The summed E-state index contributed by atoms with van der Waals surface area (Å²) in [5, 5.41) is 47.9. The minimum Gasteiger partial charge on any atom is -0.466 e. The molecule has 17 heteroatoms. The zero-order valence-corrected chi connectivity index (χ0v) is 40.6. The maximum absolute atomic E-state index is 13.5. The fraction of sp³-hybridized carbons (Fsp3) is 0.700. The van der Waals surface area contributed by atoms with Gasteiger partial charge in [0.15, 0.2) is 11.9 Å². The van der Waals surface area contributed by atoms with Crippen LogP contribution >= 0.6 is 0 Å². The van der Waals surface area contributed by atoms with Gasteiger partial charge in [0.25, 0.3) is 0 Å². The molecule has 4 aliphatic heterocycles. The summed E-state index contributed by atoms with van der Waals surface area (Å²) < 4.78 is 47.2. The van der Waals surface area contributed by atoms with Gasteiger partial charge < -0.3 is 58.3 Å². The second-order valence-electron chi connectivity index (χ2n) is 19.3. The molecule has 0 amide bonds. The third kappa shape index (κ3) is 14.9. The number of ether oxygens (including phenoxy) is 8. The lowest BCUT2D eigenvalue weighted by Gasteiger charge is -2.53. The van der Waals surface area contributed by atoms with Crippen LogP contribution in [0.2, 0.25) is 0 Å². The Bertz CT molecular complexity index is 1880. The number of hydrogen-bond acceptors (Lipinski definition) is 17. The second kappa shape index (κ2) is 24.4. The first-order valence-electron chi connectivity index (χ1n) is 23.5. The Morgan fingerprint density at radius 3 is 2.21 bits per heavy atom. The molecule has 4 N–H and O–H groups in total. The number of carbonyl (C=O) groups excluding carboxylic acids is 5. The number of carbonyl (C=O) groups is 5. The summed E-state index contributed by atoms with van der Waals surface area (Å²) in [5.41, 5.74) is -2.05. The Balaban J connectivity index is 1.88. The number of unbranched alkanes of at least 4 members (excludes halogenated alkanes) is 2. The van der Waals surface area contributed by atoms with E-state index in [4.69, 9.17) is 37.9 Å². The molecule has 3 fully saturated rings. The zero-order valence-electron chi connectivity index (χ0n) is 40.6. The first-order valence-corrected chi connectivity index (χ1v) is 23.5. The third-order valence-electron chi connectivity index (χ3n) is 13.1. The smallest absolute Gasteiger partial charge is 0.331 e. The molecule has 376 valence electrons. The highest BCUT2D eigenvalue weighted by molar-refractivity contribution is 5.85. The molecule has 17 nitrogen and oxygen atoms in total. The minimum atomic E-state index is -2.47. The molecule has 6 bridgehead atoms. The van der Waals surface area contributed by atoms with Gasteiger partial charge in [-0.2, -0.15) is 0 Å². The highest BCUT2D eigenvalue weighted by Crippen LogP contribution is 2.50. The summed E-state index contributed by atoms with van der Waals surface area (Å²) in [5.74, 6) is -8.17. The first kappa shape index (κ1) is 55.4. The molecule has 4 aliphatic rings. The highest BCUT2D eigenvalue weighted by atomic mass is 16.7. The van der Waals surface area contributed by atoms with E-state index in [0.29, 0.717) is 12.0 Å². The van der Waals surface area contributed by atoms with Crippen molar-refractivity contribution >= 4 is 29.8 Å². The van der Waals surface area contributed by atoms with Crippen molar-refractivity contribution in [1.82, 2.24) is 0 Å². The summed E-state index contributed by atoms with van der Waals surface area (Å²) in [6, 6.07) is 0. The number of allylic oxidation sites excluding steroid dienone is 3. The molecule has 3 saturated heterocycles. The van der Waals surface area contributed by atoms with E-state index < -0.39 is 114 Å². The predicted octanol–water partition coefficient (Wildman–Crippen LogP) is 5.45. The molecule has 4 rings (SSSR count). The fourth-order valence-electron chi connectivity index (χ4n) is 8.91. The minimum absolute atomic E-state index is 0.0843. The summed E-state index contributed by atoms with van der Waals surface area (Å²) in [6.07, 6.45) is 4.14. The van der Waals surface area contributed by atoms with Gasteiger partial charge in [-0.3, -0.25) is 9.59 Å². The van der Waals surface area contributed by atoms with Crippen molar-refractivity contribution in [2.75, 3.05) is 14.2 Å². The van der Waals surface area contributed by atoms with Gasteiger partial charge in [0.05, 0.1) is 62.7 Å². The standard InChI is InChI=1S/C50H74O17/c1-10-12-14-15-16-18-42(54)65-46-33(25-44(56)61-9)24-36-28-39(31(3)51)63-45(57)27-34(52)26-37-29-40(64-41(53)17-13-11-2)48(6,7)49(58,66-37)30-38-22-32(23-43(55)60-8)21-35(62-38)19-20-47(4,5)50(46,59)67-36/h14-16,18-20,23,25,31,34-40,46,51-52,58-59H,10-13,17,21-22,24,26-30H2,1-9H3/b15-14+,18-16+,20-19+,32-23+,33-25+/t31-,34-,35+,36+,37-,38+,39-,40+,46+,49+,50-/m1/s1. The number of cyclic esters (lactones) is 1. The van der Waals surface area contributed by atoms with E-state index in [1.807, 2.05) is 19.9 Å². The molecule has 67 heavy (non-hydrogen) atoms. The molecule has 0 spiro atoms. The van der Waals surface area contributed by atoms with E-state index in [0.717, 1.165) is 25.3 Å². The summed E-state index contributed by atoms with van der Waals surface area (Å²) in [4.78, 5) is 65.7. The van der Waals surface area contributed by atoms with Gasteiger partial charge in [-0.1, -0.05) is 90.3 Å². The SMILES string of the molecule is CCC/C=C/C=C/C(=O)O[C@H]1/C(=C/C(=O)OC)C[C@H]2C[C@H]([C@@H](C)O)OC(=O)C[C@H](O)C[C@@H]3C[C@H](OC(=O)CCCC)C(C)(C)[C@](O)(C[C@@H]4C/C(=C/C(=O)OC)C[C@H](/C=C/C(C)(C)[C@]1(O)O2)O4)O3. The first-order chi connectivity index (χ1) is 31.5. The highest BCUT2D eigenvalue weighted by Gasteiger charge is 2.59. The number of aliphatic hydroxyl groups is 4. The molecule has 4 heterocycles. The zero-order chi connectivity index (χ0) is 49.7. The molecule has 0 radical (unpaired) electrons. The van der Waals surface area contributed by atoms with Gasteiger partial charge in [0.1, 0.15) is 12.2 Å². The molecule has 0 aromatic rings. The number of esters is 5. The van der Waals surface area contributed by atoms with E-state index in [1.54, 1.807) is 45.9 Å². The van der Waals surface area contributed by atoms with Gasteiger partial charge >= 0.3 is 29.8 Å². The summed E-state index contributed by atoms with van der Waals surface area (Å²) in [6.45, 7) is 12.0. The van der Waals surface area contributed by atoms with Crippen molar-refractivity contribution in [2.24, 2.45) is 10.8 Å². The predicted molar refractivity (Wildman–Crippen MR) is 242 cm³/mol. The third-order valence-corrected chi connectivity index (χ3v) is 13.1. The van der Waals surface area contributed by atoms with Crippen LogP contribution in [0.1, 0.15) is 132 Å². The van der Waals surface area contributed by atoms with Crippen LogP contribution in [0, 0.1) is 10.8 Å². The van der Waals surface area contributed by atoms with Crippen LogP contribution in [0.5, 0.6) is 0 Å². The van der Waals surface area contributed by atoms with E-state index in [1.165, 1.54) is 39.4 Å². The largest absolute Gasteiger partial charge is 0.466 e. The van der Waals surface area contributed by atoms with Crippen LogP contribution < -0.4 is 0 Å². The fourth-order valence-corrected chi connectivity index (χ4v) is 8.91. The molecule has 0 aliphatic carbocycles. The van der Waals surface area contributed by atoms with Crippen LogP contribution in [-0.2, 0) is 61.9 Å². The molecule has 0 saturated carbocycles. The molecule has 0 aromatic carbocycles. The molecule has 0 aromatic heterocycles. The van der Waals surface area contributed by atoms with Crippen LogP contribution in [0.25, 0.3) is 0 Å². The van der Waals surface area contributed by atoms with Gasteiger partial charge in [-0.15, -0.1) is 0 Å². The van der Waals surface area contributed by atoms with E-state index in [2.05, 4.69) is 0 Å². The number of rotatable bonds is 12. The Morgan fingerprint density at radius 2 is 1.55 bits per heavy atom. The number of aliphatic hydroxyl groups excluding tert-OH is 2. The van der Waals surface area contributed by atoms with Crippen molar-refractivity contribution in [3.8, 4) is 0 Å². The van der Waals surface area contributed by atoms with Gasteiger partial charge in [-0.25, -0.2) is 14.4 Å². The Morgan fingerprint density at radius 1 is 0.851 bits per heavy atom.